The summed E-state index contributed by atoms with van der Waals surface area (Å²) < 4.78 is 9.81. The Bertz CT molecular complexity index is 386. The summed E-state index contributed by atoms with van der Waals surface area (Å²) >= 11 is 3.01. The Morgan fingerprint density at radius 1 is 1.68 bits per heavy atom. The third-order valence-electron chi connectivity index (χ3n) is 2.74. The lowest BCUT2D eigenvalue weighted by molar-refractivity contribution is -0.148. The highest BCUT2D eigenvalue weighted by molar-refractivity contribution is 8.01. The van der Waals surface area contributed by atoms with Crippen molar-refractivity contribution in [1.29, 1.82) is 0 Å². The molecule has 1 heterocycles. The minimum absolute atomic E-state index is 0.217. The first-order chi connectivity index (χ1) is 9.01. The van der Waals surface area contributed by atoms with Crippen molar-refractivity contribution in [3.05, 3.63) is 6.33 Å². The molecule has 0 bridgehead atoms. The first-order valence-electron chi connectivity index (χ1n) is 6.28. The molecule has 0 aliphatic carbocycles. The number of carbonyl (C=O) groups is 1. The van der Waals surface area contributed by atoms with Gasteiger partial charge in [-0.3, -0.25) is 4.79 Å². The van der Waals surface area contributed by atoms with Crippen LogP contribution in [0.25, 0.3) is 0 Å². The van der Waals surface area contributed by atoms with Gasteiger partial charge in [0, 0.05) is 5.25 Å². The third-order valence-corrected chi connectivity index (χ3v) is 4.59. The van der Waals surface area contributed by atoms with Gasteiger partial charge in [-0.15, -0.1) is 0 Å². The van der Waals surface area contributed by atoms with Crippen molar-refractivity contribution in [3.8, 4) is 0 Å². The molecule has 0 radical (unpaired) electrons. The molecule has 108 valence electrons. The second-order valence-electron chi connectivity index (χ2n) is 4.59. The lowest BCUT2D eigenvalue weighted by Crippen LogP contribution is -2.51. The average molecular weight is 303 g/mol. The first kappa shape index (κ1) is 16.4. The maximum atomic E-state index is 12.0. The Kier molecular flexibility index (Phi) is 6.74. The van der Waals surface area contributed by atoms with E-state index >= 15 is 0 Å². The standard InChI is InChI=1S/C12H21N3O2S2/c1-5-6-14-12(3,10(16)17-4)7-9(2)18-11-13-8-15-19-11/h8-9,14H,5-7H2,1-4H3. The summed E-state index contributed by atoms with van der Waals surface area (Å²) in [5.41, 5.74) is -0.651. The molecule has 0 saturated carbocycles. The van der Waals surface area contributed by atoms with Crippen LogP contribution in [0, 0.1) is 0 Å². The second-order valence-corrected chi connectivity index (χ2v) is 7.06. The number of ether oxygens (including phenoxy) is 1. The van der Waals surface area contributed by atoms with Crippen molar-refractivity contribution in [2.45, 2.75) is 48.7 Å². The summed E-state index contributed by atoms with van der Waals surface area (Å²) in [6, 6.07) is 0. The minimum Gasteiger partial charge on any atom is -0.468 e. The van der Waals surface area contributed by atoms with Crippen molar-refractivity contribution >= 4 is 29.3 Å². The van der Waals surface area contributed by atoms with Gasteiger partial charge in [0.05, 0.1) is 7.11 Å². The molecule has 7 heteroatoms. The molecule has 0 aliphatic heterocycles. The van der Waals surface area contributed by atoms with Crippen molar-refractivity contribution in [3.63, 3.8) is 0 Å². The lowest BCUT2D eigenvalue weighted by atomic mass is 9.96. The number of hydrogen-bond donors (Lipinski definition) is 1. The second kappa shape index (κ2) is 7.81. The number of aromatic nitrogens is 2. The van der Waals surface area contributed by atoms with E-state index in [2.05, 4.69) is 28.5 Å². The van der Waals surface area contributed by atoms with Crippen LogP contribution in [0.4, 0.5) is 0 Å². The van der Waals surface area contributed by atoms with E-state index in [1.807, 2.05) is 6.92 Å². The van der Waals surface area contributed by atoms with Gasteiger partial charge in [0.1, 0.15) is 11.9 Å². The number of carbonyl (C=O) groups excluding carboxylic acids is 1. The molecule has 0 spiro atoms. The molecule has 2 unspecified atom stereocenters. The molecular weight excluding hydrogens is 282 g/mol. The number of nitrogens with zero attached hydrogens (tertiary/aromatic N) is 2. The van der Waals surface area contributed by atoms with Crippen molar-refractivity contribution < 1.29 is 9.53 Å². The van der Waals surface area contributed by atoms with Gasteiger partial charge in [-0.05, 0) is 37.8 Å². The maximum Gasteiger partial charge on any atom is 0.325 e. The Hall–Kier alpha value is -0.660. The van der Waals surface area contributed by atoms with Gasteiger partial charge in [-0.1, -0.05) is 25.6 Å². The van der Waals surface area contributed by atoms with Crippen LogP contribution in [0.5, 0.6) is 0 Å². The van der Waals surface area contributed by atoms with E-state index in [0.29, 0.717) is 6.42 Å². The zero-order valence-electron chi connectivity index (χ0n) is 11.8. The Labute approximate surface area is 122 Å². The van der Waals surface area contributed by atoms with E-state index in [4.69, 9.17) is 4.74 Å². The number of methoxy groups -OCH3 is 1. The van der Waals surface area contributed by atoms with E-state index in [-0.39, 0.29) is 11.2 Å². The molecule has 5 nitrogen and oxygen atoms in total. The quantitative estimate of drug-likeness (QED) is 0.587. The van der Waals surface area contributed by atoms with E-state index in [9.17, 15) is 4.79 Å². The highest BCUT2D eigenvalue weighted by Crippen LogP contribution is 2.29. The van der Waals surface area contributed by atoms with Crippen molar-refractivity contribution in [2.24, 2.45) is 0 Å². The van der Waals surface area contributed by atoms with Gasteiger partial charge < -0.3 is 10.1 Å². The summed E-state index contributed by atoms with van der Waals surface area (Å²) in [6.45, 7) is 6.85. The predicted octanol–water partition coefficient (Wildman–Crippen LogP) is 2.34. The molecule has 1 aromatic rings. The van der Waals surface area contributed by atoms with E-state index < -0.39 is 5.54 Å². The minimum atomic E-state index is -0.651. The van der Waals surface area contributed by atoms with E-state index in [0.717, 1.165) is 17.3 Å². The SMILES string of the molecule is CCCNC(C)(CC(C)Sc1ncns1)C(=O)OC. The largest absolute Gasteiger partial charge is 0.468 e. The van der Waals surface area contributed by atoms with Crippen molar-refractivity contribution in [1.82, 2.24) is 14.7 Å². The normalized spacial score (nSPS) is 15.8. The molecule has 0 saturated heterocycles. The monoisotopic (exact) mass is 303 g/mol. The van der Waals surface area contributed by atoms with E-state index in [1.54, 1.807) is 18.1 Å². The average Bonchev–Trinajstić information content (AvgIpc) is 2.87. The Balaban J connectivity index is 2.62. The maximum absolute atomic E-state index is 12.0. The first-order valence-corrected chi connectivity index (χ1v) is 7.94. The number of hydrogen-bond acceptors (Lipinski definition) is 7. The van der Waals surface area contributed by atoms with Gasteiger partial charge in [0.2, 0.25) is 0 Å². The molecule has 0 aromatic carbocycles. The molecule has 1 N–H and O–H groups in total. The van der Waals surface area contributed by atoms with Crippen LogP contribution in [-0.2, 0) is 9.53 Å². The summed E-state index contributed by atoms with van der Waals surface area (Å²) in [7, 11) is 1.43. The summed E-state index contributed by atoms with van der Waals surface area (Å²) in [4.78, 5) is 16.1. The molecule has 2 atom stereocenters. The van der Waals surface area contributed by atoms with Gasteiger partial charge in [-0.2, -0.15) is 4.37 Å². The van der Waals surface area contributed by atoms with Crippen LogP contribution in [0.15, 0.2) is 10.7 Å². The zero-order chi connectivity index (χ0) is 14.3. The molecule has 1 aromatic heterocycles. The lowest BCUT2D eigenvalue weighted by Gasteiger charge is -2.30. The van der Waals surface area contributed by atoms with E-state index in [1.165, 1.54) is 18.6 Å². The fourth-order valence-corrected chi connectivity index (χ4v) is 3.80. The molecule has 1 rings (SSSR count). The summed E-state index contributed by atoms with van der Waals surface area (Å²) in [5, 5.41) is 3.54. The Morgan fingerprint density at radius 3 is 2.95 bits per heavy atom. The van der Waals surface area contributed by atoms with Gasteiger partial charge >= 0.3 is 5.97 Å². The topological polar surface area (TPSA) is 64.1 Å². The predicted molar refractivity (Wildman–Crippen MR) is 78.6 cm³/mol. The summed E-state index contributed by atoms with van der Waals surface area (Å²) in [6.07, 6.45) is 3.21. The smallest absolute Gasteiger partial charge is 0.325 e. The van der Waals surface area contributed by atoms with Crippen LogP contribution in [0.3, 0.4) is 0 Å². The highest BCUT2D eigenvalue weighted by Gasteiger charge is 2.35. The molecule has 19 heavy (non-hydrogen) atoms. The van der Waals surface area contributed by atoms with Crippen LogP contribution < -0.4 is 5.32 Å². The molecular formula is C12H21N3O2S2. The number of nitrogens with one attached hydrogen (secondary N) is 1. The van der Waals surface area contributed by atoms with Crippen LogP contribution in [0.1, 0.15) is 33.6 Å². The van der Waals surface area contributed by atoms with Crippen LogP contribution >= 0.6 is 23.3 Å². The number of thioether (sulfide) groups is 1. The third kappa shape index (κ3) is 5.08. The molecule has 0 aliphatic rings. The fraction of sp³-hybridized carbons (Fsp3) is 0.750. The van der Waals surface area contributed by atoms with Crippen molar-refractivity contribution in [2.75, 3.05) is 13.7 Å². The van der Waals surface area contributed by atoms with Gasteiger partial charge in [-0.25, -0.2) is 4.98 Å². The van der Waals surface area contributed by atoms with Gasteiger partial charge in [0.25, 0.3) is 0 Å². The fourth-order valence-electron chi connectivity index (χ4n) is 1.86. The summed E-state index contributed by atoms with van der Waals surface area (Å²) in [5.74, 6) is -0.217. The highest BCUT2D eigenvalue weighted by atomic mass is 32.2. The number of esters is 1. The molecule has 0 amide bonds. The van der Waals surface area contributed by atoms with Crippen LogP contribution in [0.2, 0.25) is 0 Å². The van der Waals surface area contributed by atoms with Gasteiger partial charge in [0.15, 0.2) is 4.34 Å². The van der Waals surface area contributed by atoms with Crippen LogP contribution in [-0.4, -0.2) is 39.8 Å². The zero-order valence-corrected chi connectivity index (χ0v) is 13.4. The Morgan fingerprint density at radius 2 is 2.42 bits per heavy atom. The number of rotatable bonds is 8. The molecule has 0 fully saturated rings.